The molecule has 1 aliphatic rings. The van der Waals surface area contributed by atoms with Gasteiger partial charge in [-0.2, -0.15) is 4.31 Å². The zero-order valence-corrected chi connectivity index (χ0v) is 19.1. The van der Waals surface area contributed by atoms with E-state index >= 15 is 0 Å². The molecule has 0 spiro atoms. The maximum absolute atomic E-state index is 12.6. The molecular weight excluding hydrogens is 487 g/mol. The van der Waals surface area contributed by atoms with Crippen molar-refractivity contribution in [3.8, 4) is 0 Å². The van der Waals surface area contributed by atoms with Crippen molar-refractivity contribution in [2.24, 2.45) is 4.99 Å². The topological polar surface area (TPSA) is 73.8 Å². The minimum atomic E-state index is -3.35. The predicted molar refractivity (Wildman–Crippen MR) is 123 cm³/mol. The van der Waals surface area contributed by atoms with Gasteiger partial charge in [0, 0.05) is 33.2 Å². The van der Waals surface area contributed by atoms with Crippen LogP contribution in [-0.2, 0) is 23.1 Å². The summed E-state index contributed by atoms with van der Waals surface area (Å²) in [6.07, 6.45) is 1.88. The summed E-state index contributed by atoms with van der Waals surface area (Å²) in [5.41, 5.74) is 2.18. The summed E-state index contributed by atoms with van der Waals surface area (Å²) in [6, 6.07) is 17.2. The summed E-state index contributed by atoms with van der Waals surface area (Å²) >= 11 is 0. The van der Waals surface area contributed by atoms with E-state index in [-0.39, 0.29) is 24.0 Å². The van der Waals surface area contributed by atoms with Gasteiger partial charge in [-0.15, -0.1) is 24.0 Å². The Morgan fingerprint density at radius 3 is 2.00 bits per heavy atom. The molecule has 1 aliphatic heterocycles. The van der Waals surface area contributed by atoms with E-state index in [0.717, 1.165) is 18.4 Å². The lowest BCUT2D eigenvalue weighted by atomic mass is 10.2. The molecule has 1 fully saturated rings. The van der Waals surface area contributed by atoms with Gasteiger partial charge in [0.2, 0.25) is 10.0 Å². The van der Waals surface area contributed by atoms with Crippen LogP contribution in [-0.4, -0.2) is 38.8 Å². The van der Waals surface area contributed by atoms with Crippen LogP contribution in [0.1, 0.15) is 24.0 Å². The van der Waals surface area contributed by atoms with Gasteiger partial charge in [-0.25, -0.2) is 8.42 Å². The van der Waals surface area contributed by atoms with Crippen molar-refractivity contribution in [3.63, 3.8) is 0 Å². The minimum Gasteiger partial charge on any atom is -0.352 e. The Hall–Kier alpha value is -1.65. The normalized spacial score (nSPS) is 15.1. The Bertz CT molecular complexity index is 865. The molecule has 0 atom stereocenters. The molecule has 1 heterocycles. The smallest absolute Gasteiger partial charge is 0.243 e. The fraction of sp³-hybridized carbons (Fsp3) is 0.350. The van der Waals surface area contributed by atoms with Crippen molar-refractivity contribution in [1.29, 1.82) is 0 Å². The highest BCUT2D eigenvalue weighted by molar-refractivity contribution is 14.0. The summed E-state index contributed by atoms with van der Waals surface area (Å²) in [7, 11) is -1.63. The van der Waals surface area contributed by atoms with Crippen LogP contribution in [0.15, 0.2) is 64.5 Å². The molecule has 0 aromatic heterocycles. The summed E-state index contributed by atoms with van der Waals surface area (Å²) < 4.78 is 26.7. The van der Waals surface area contributed by atoms with Gasteiger partial charge in [0.15, 0.2) is 5.96 Å². The lowest BCUT2D eigenvalue weighted by Gasteiger charge is -2.16. The zero-order chi connectivity index (χ0) is 19.1. The Labute approximate surface area is 184 Å². The first-order chi connectivity index (χ1) is 13.1. The average Bonchev–Trinajstić information content (AvgIpc) is 3.25. The van der Waals surface area contributed by atoms with Crippen molar-refractivity contribution in [1.82, 2.24) is 14.9 Å². The third-order valence-corrected chi connectivity index (χ3v) is 6.53. The number of benzene rings is 2. The summed E-state index contributed by atoms with van der Waals surface area (Å²) in [4.78, 5) is 4.58. The molecule has 3 rings (SSSR count). The second-order valence-corrected chi connectivity index (χ2v) is 8.46. The van der Waals surface area contributed by atoms with E-state index in [0.29, 0.717) is 37.0 Å². The minimum absolute atomic E-state index is 0. The van der Waals surface area contributed by atoms with Crippen molar-refractivity contribution in [2.75, 3.05) is 20.1 Å². The van der Waals surface area contributed by atoms with Crippen LogP contribution in [0.3, 0.4) is 0 Å². The fourth-order valence-corrected chi connectivity index (χ4v) is 4.56. The lowest BCUT2D eigenvalue weighted by Crippen LogP contribution is -2.36. The van der Waals surface area contributed by atoms with Crippen LogP contribution in [0.25, 0.3) is 0 Å². The maximum Gasteiger partial charge on any atom is 0.243 e. The molecular formula is C20H27IN4O2S. The first-order valence-electron chi connectivity index (χ1n) is 9.17. The fourth-order valence-electron chi connectivity index (χ4n) is 3.04. The van der Waals surface area contributed by atoms with Gasteiger partial charge in [-0.05, 0) is 36.1 Å². The highest BCUT2D eigenvalue weighted by atomic mass is 127. The van der Waals surface area contributed by atoms with E-state index < -0.39 is 10.0 Å². The van der Waals surface area contributed by atoms with Gasteiger partial charge in [0.25, 0.3) is 0 Å². The molecule has 0 radical (unpaired) electrons. The van der Waals surface area contributed by atoms with Crippen molar-refractivity contribution in [2.45, 2.75) is 30.8 Å². The van der Waals surface area contributed by atoms with Crippen LogP contribution < -0.4 is 10.6 Å². The highest BCUT2D eigenvalue weighted by Gasteiger charge is 2.26. The van der Waals surface area contributed by atoms with Gasteiger partial charge in [0.05, 0.1) is 4.90 Å². The number of hydrogen-bond donors (Lipinski definition) is 2. The number of aliphatic imine (C=N–C) groups is 1. The van der Waals surface area contributed by atoms with E-state index in [9.17, 15) is 8.42 Å². The monoisotopic (exact) mass is 514 g/mol. The molecule has 0 bridgehead atoms. The van der Waals surface area contributed by atoms with E-state index in [1.165, 1.54) is 5.56 Å². The van der Waals surface area contributed by atoms with Crippen LogP contribution in [0.4, 0.5) is 0 Å². The number of guanidine groups is 1. The molecule has 0 amide bonds. The molecule has 152 valence electrons. The molecule has 2 N–H and O–H groups in total. The van der Waals surface area contributed by atoms with Gasteiger partial charge in [-0.3, -0.25) is 4.99 Å². The number of rotatable bonds is 6. The number of nitrogens with zero attached hydrogens (tertiary/aromatic N) is 2. The van der Waals surface area contributed by atoms with Gasteiger partial charge < -0.3 is 10.6 Å². The Kier molecular flexibility index (Phi) is 8.71. The molecule has 28 heavy (non-hydrogen) atoms. The average molecular weight is 514 g/mol. The van der Waals surface area contributed by atoms with E-state index in [1.807, 2.05) is 30.3 Å². The molecule has 8 heteroatoms. The second-order valence-electron chi connectivity index (χ2n) is 6.52. The van der Waals surface area contributed by atoms with Crippen molar-refractivity contribution in [3.05, 3.63) is 65.7 Å². The first kappa shape index (κ1) is 22.6. The van der Waals surface area contributed by atoms with Crippen LogP contribution >= 0.6 is 24.0 Å². The predicted octanol–water partition coefficient (Wildman–Crippen LogP) is 2.95. The maximum atomic E-state index is 12.6. The molecule has 1 saturated heterocycles. The Morgan fingerprint density at radius 2 is 1.46 bits per heavy atom. The molecule has 2 aromatic carbocycles. The SMILES string of the molecule is CN=C(NCc1ccccc1)NCc1ccc(S(=O)(=O)N2CCCC2)cc1.I. The largest absolute Gasteiger partial charge is 0.352 e. The molecule has 0 saturated carbocycles. The van der Waals surface area contributed by atoms with Crippen LogP contribution in [0, 0.1) is 0 Å². The summed E-state index contributed by atoms with van der Waals surface area (Å²) in [5, 5.41) is 6.51. The quantitative estimate of drug-likeness (QED) is 0.353. The standard InChI is InChI=1S/C20H26N4O2S.HI/c1-21-20(22-15-17-7-3-2-4-8-17)23-16-18-9-11-19(12-10-18)27(25,26)24-13-5-6-14-24;/h2-4,7-12H,5-6,13-16H2,1H3,(H2,21,22,23);1H. The lowest BCUT2D eigenvalue weighted by molar-refractivity contribution is 0.477. The first-order valence-corrected chi connectivity index (χ1v) is 10.6. The zero-order valence-electron chi connectivity index (χ0n) is 16.0. The number of halogens is 1. The van der Waals surface area contributed by atoms with Crippen LogP contribution in [0.5, 0.6) is 0 Å². The summed E-state index contributed by atoms with van der Waals surface area (Å²) in [6.45, 7) is 2.50. The third kappa shape index (κ3) is 5.92. The number of hydrogen-bond acceptors (Lipinski definition) is 3. The van der Waals surface area contributed by atoms with Crippen molar-refractivity contribution >= 4 is 40.0 Å². The van der Waals surface area contributed by atoms with Gasteiger partial charge in [-0.1, -0.05) is 42.5 Å². The van der Waals surface area contributed by atoms with E-state index in [1.54, 1.807) is 23.5 Å². The van der Waals surface area contributed by atoms with Gasteiger partial charge >= 0.3 is 0 Å². The molecule has 2 aromatic rings. The molecule has 0 aliphatic carbocycles. The molecule has 6 nitrogen and oxygen atoms in total. The highest BCUT2D eigenvalue weighted by Crippen LogP contribution is 2.21. The second kappa shape index (κ2) is 10.8. The molecule has 0 unspecified atom stereocenters. The summed E-state index contributed by atoms with van der Waals surface area (Å²) in [5.74, 6) is 0.701. The van der Waals surface area contributed by atoms with Crippen LogP contribution in [0.2, 0.25) is 0 Å². The third-order valence-electron chi connectivity index (χ3n) is 4.61. The van der Waals surface area contributed by atoms with Crippen molar-refractivity contribution < 1.29 is 8.42 Å². The Morgan fingerprint density at radius 1 is 0.929 bits per heavy atom. The van der Waals surface area contributed by atoms with E-state index in [4.69, 9.17) is 0 Å². The Balaban J connectivity index is 0.00000280. The van der Waals surface area contributed by atoms with E-state index in [2.05, 4.69) is 27.8 Å². The van der Waals surface area contributed by atoms with Gasteiger partial charge in [0.1, 0.15) is 0 Å². The number of sulfonamides is 1. The number of nitrogens with one attached hydrogen (secondary N) is 2.